The number of hydrogen-bond donors (Lipinski definition) is 2. The Bertz CT molecular complexity index is 1010. The number of nitrogens with zero attached hydrogens (tertiary/aromatic N) is 4. The van der Waals surface area contributed by atoms with E-state index in [0.29, 0.717) is 49.3 Å². The Morgan fingerprint density at radius 2 is 2.03 bits per heavy atom. The zero-order valence-electron chi connectivity index (χ0n) is 16.6. The largest absolute Gasteiger partial charge is 0.382 e. The predicted octanol–water partition coefficient (Wildman–Crippen LogP) is 2.61. The average Bonchev–Trinajstić information content (AvgIpc) is 3.22. The minimum Gasteiger partial charge on any atom is -0.382 e. The number of benzene rings is 1. The summed E-state index contributed by atoms with van der Waals surface area (Å²) in [7, 11) is 0. The summed E-state index contributed by atoms with van der Waals surface area (Å²) in [6, 6.07) is 11.6. The van der Waals surface area contributed by atoms with E-state index < -0.39 is 0 Å². The first kappa shape index (κ1) is 20.1. The minimum absolute atomic E-state index is 0.0279. The van der Waals surface area contributed by atoms with Crippen LogP contribution in [0.2, 0.25) is 0 Å². The molecule has 0 atom stereocenters. The summed E-state index contributed by atoms with van der Waals surface area (Å²) in [4.78, 5) is 12.1. The van der Waals surface area contributed by atoms with Crippen LogP contribution in [-0.2, 0) is 17.6 Å². The van der Waals surface area contributed by atoms with Crippen molar-refractivity contribution in [3.63, 3.8) is 0 Å². The third-order valence-corrected chi connectivity index (χ3v) is 4.80. The van der Waals surface area contributed by atoms with Crippen molar-refractivity contribution in [3.8, 4) is 11.8 Å². The fourth-order valence-corrected chi connectivity index (χ4v) is 3.21. The maximum atomic E-state index is 12.1. The standard InChI is InChI=1S/C21H24N6O2/c1-14-17(15(2)29-26-14)10-11-20(28)24-12-6-9-19-18(13-22)21(23)27(25-19)16-7-4-3-5-8-16/h3-5,7-8H,6,9-12,23H2,1-2H3,(H,24,28). The number of nitrogens with one attached hydrogen (secondary N) is 1. The van der Waals surface area contributed by atoms with E-state index in [-0.39, 0.29) is 5.91 Å². The van der Waals surface area contributed by atoms with Crippen molar-refractivity contribution < 1.29 is 9.32 Å². The quantitative estimate of drug-likeness (QED) is 0.568. The van der Waals surface area contributed by atoms with Gasteiger partial charge in [-0.15, -0.1) is 0 Å². The molecule has 0 saturated heterocycles. The van der Waals surface area contributed by atoms with Crippen LogP contribution in [0.4, 0.5) is 5.82 Å². The van der Waals surface area contributed by atoms with Crippen LogP contribution in [0.5, 0.6) is 0 Å². The molecular weight excluding hydrogens is 368 g/mol. The summed E-state index contributed by atoms with van der Waals surface area (Å²) >= 11 is 0. The maximum absolute atomic E-state index is 12.1. The van der Waals surface area contributed by atoms with Crippen LogP contribution in [0.25, 0.3) is 5.69 Å². The highest BCUT2D eigenvalue weighted by Gasteiger charge is 2.16. The van der Waals surface area contributed by atoms with Crippen molar-refractivity contribution in [3.05, 3.63) is 58.6 Å². The van der Waals surface area contributed by atoms with Gasteiger partial charge in [0.25, 0.3) is 0 Å². The first-order valence-corrected chi connectivity index (χ1v) is 9.52. The van der Waals surface area contributed by atoms with Gasteiger partial charge in [0.1, 0.15) is 23.2 Å². The predicted molar refractivity (Wildman–Crippen MR) is 108 cm³/mol. The number of nitrogens with two attached hydrogens (primary N) is 1. The van der Waals surface area contributed by atoms with Gasteiger partial charge in [0, 0.05) is 18.5 Å². The minimum atomic E-state index is -0.0279. The van der Waals surface area contributed by atoms with Crippen molar-refractivity contribution in [1.82, 2.24) is 20.3 Å². The van der Waals surface area contributed by atoms with Crippen LogP contribution in [0.3, 0.4) is 0 Å². The number of carbonyl (C=O) groups excluding carboxylic acids is 1. The topological polar surface area (TPSA) is 123 Å². The van der Waals surface area contributed by atoms with Crippen molar-refractivity contribution in [1.29, 1.82) is 5.26 Å². The average molecular weight is 392 g/mol. The number of carbonyl (C=O) groups is 1. The van der Waals surface area contributed by atoms with Gasteiger partial charge < -0.3 is 15.6 Å². The van der Waals surface area contributed by atoms with Crippen molar-refractivity contribution >= 4 is 11.7 Å². The Balaban J connectivity index is 1.52. The zero-order valence-corrected chi connectivity index (χ0v) is 16.6. The van der Waals surface area contributed by atoms with Crippen molar-refractivity contribution in [2.75, 3.05) is 12.3 Å². The molecule has 3 N–H and O–H groups in total. The monoisotopic (exact) mass is 392 g/mol. The van der Waals surface area contributed by atoms with Gasteiger partial charge in [0.2, 0.25) is 5.91 Å². The first-order valence-electron chi connectivity index (χ1n) is 9.52. The molecule has 2 heterocycles. The maximum Gasteiger partial charge on any atom is 0.220 e. The molecule has 29 heavy (non-hydrogen) atoms. The molecule has 8 nitrogen and oxygen atoms in total. The molecule has 0 fully saturated rings. The van der Waals surface area contributed by atoms with Crippen LogP contribution in [0, 0.1) is 25.2 Å². The second kappa shape index (κ2) is 9.06. The van der Waals surface area contributed by atoms with E-state index >= 15 is 0 Å². The lowest BCUT2D eigenvalue weighted by atomic mass is 10.1. The summed E-state index contributed by atoms with van der Waals surface area (Å²) in [6.45, 7) is 4.22. The van der Waals surface area contributed by atoms with Gasteiger partial charge in [-0.2, -0.15) is 10.4 Å². The van der Waals surface area contributed by atoms with E-state index in [1.54, 1.807) is 4.68 Å². The Labute approximate surface area is 169 Å². The lowest BCUT2D eigenvalue weighted by molar-refractivity contribution is -0.121. The molecule has 0 unspecified atom stereocenters. The van der Waals surface area contributed by atoms with Crippen LogP contribution in [0.1, 0.15) is 41.1 Å². The van der Waals surface area contributed by atoms with Crippen LogP contribution >= 0.6 is 0 Å². The molecule has 0 bridgehead atoms. The number of aryl methyl sites for hydroxylation is 3. The van der Waals surface area contributed by atoms with Crippen molar-refractivity contribution in [2.45, 2.75) is 39.5 Å². The van der Waals surface area contributed by atoms with Gasteiger partial charge in [0.05, 0.1) is 17.1 Å². The highest BCUT2D eigenvalue weighted by molar-refractivity contribution is 5.76. The molecule has 3 rings (SSSR count). The van der Waals surface area contributed by atoms with Crippen LogP contribution < -0.4 is 11.1 Å². The number of nitrogen functional groups attached to an aromatic ring is 1. The smallest absolute Gasteiger partial charge is 0.220 e. The second-order valence-corrected chi connectivity index (χ2v) is 6.82. The fourth-order valence-electron chi connectivity index (χ4n) is 3.21. The third-order valence-electron chi connectivity index (χ3n) is 4.80. The SMILES string of the molecule is Cc1noc(C)c1CCC(=O)NCCCc1nn(-c2ccccc2)c(N)c1C#N. The molecule has 1 aromatic carbocycles. The lowest BCUT2D eigenvalue weighted by Gasteiger charge is -2.05. The summed E-state index contributed by atoms with van der Waals surface area (Å²) < 4.78 is 6.69. The molecule has 8 heteroatoms. The second-order valence-electron chi connectivity index (χ2n) is 6.82. The molecule has 2 aromatic heterocycles. The molecule has 0 aliphatic heterocycles. The van der Waals surface area contributed by atoms with E-state index in [2.05, 4.69) is 21.6 Å². The fraction of sp³-hybridized carbons (Fsp3) is 0.333. The van der Waals surface area contributed by atoms with E-state index in [4.69, 9.17) is 10.3 Å². The molecule has 0 aliphatic carbocycles. The number of rotatable bonds is 8. The van der Waals surface area contributed by atoms with E-state index in [9.17, 15) is 10.1 Å². The van der Waals surface area contributed by atoms with Gasteiger partial charge in [-0.25, -0.2) is 4.68 Å². The van der Waals surface area contributed by atoms with Gasteiger partial charge >= 0.3 is 0 Å². The molecule has 1 amide bonds. The van der Waals surface area contributed by atoms with Crippen LogP contribution in [-0.4, -0.2) is 27.4 Å². The number of amides is 1. The van der Waals surface area contributed by atoms with Gasteiger partial charge in [-0.3, -0.25) is 4.79 Å². The Morgan fingerprint density at radius 3 is 2.69 bits per heavy atom. The number of hydrogen-bond acceptors (Lipinski definition) is 6. The highest BCUT2D eigenvalue weighted by Crippen LogP contribution is 2.21. The number of aromatic nitrogens is 3. The highest BCUT2D eigenvalue weighted by atomic mass is 16.5. The molecule has 0 aliphatic rings. The number of para-hydroxylation sites is 1. The summed E-state index contributed by atoms with van der Waals surface area (Å²) in [6.07, 6.45) is 2.19. The number of nitriles is 1. The van der Waals surface area contributed by atoms with Gasteiger partial charge in [0.15, 0.2) is 0 Å². The molecule has 0 spiro atoms. The van der Waals surface area contributed by atoms with Crippen LogP contribution in [0.15, 0.2) is 34.9 Å². The number of anilines is 1. The summed E-state index contributed by atoms with van der Waals surface area (Å²) in [5, 5.41) is 20.7. The molecule has 150 valence electrons. The lowest BCUT2D eigenvalue weighted by Crippen LogP contribution is -2.25. The molecule has 0 saturated carbocycles. The molecule has 3 aromatic rings. The van der Waals surface area contributed by atoms with Crippen molar-refractivity contribution in [2.24, 2.45) is 0 Å². The third kappa shape index (κ3) is 4.63. The van der Waals surface area contributed by atoms with Gasteiger partial charge in [-0.05, 0) is 45.2 Å². The normalized spacial score (nSPS) is 10.7. The van der Waals surface area contributed by atoms with E-state index in [0.717, 1.165) is 22.7 Å². The Morgan fingerprint density at radius 1 is 1.28 bits per heavy atom. The van der Waals surface area contributed by atoms with Gasteiger partial charge in [-0.1, -0.05) is 23.4 Å². The molecule has 0 radical (unpaired) electrons. The Kier molecular flexibility index (Phi) is 6.29. The molecular formula is C21H24N6O2. The summed E-state index contributed by atoms with van der Waals surface area (Å²) in [5.41, 5.74) is 9.75. The van der Waals surface area contributed by atoms with E-state index in [1.165, 1.54) is 0 Å². The first-order chi connectivity index (χ1) is 14.0. The zero-order chi connectivity index (χ0) is 20.8. The van der Waals surface area contributed by atoms with E-state index in [1.807, 2.05) is 44.2 Å². The Hall–Kier alpha value is -3.60. The summed E-state index contributed by atoms with van der Waals surface area (Å²) in [5.74, 6) is 1.06.